The van der Waals surface area contributed by atoms with Crippen LogP contribution in [0.3, 0.4) is 0 Å². The van der Waals surface area contributed by atoms with Crippen LogP contribution in [0.5, 0.6) is 0 Å². The summed E-state index contributed by atoms with van der Waals surface area (Å²) in [6.07, 6.45) is 6.05. The molecule has 1 aliphatic carbocycles. The van der Waals surface area contributed by atoms with E-state index in [1.165, 1.54) is 5.57 Å². The van der Waals surface area contributed by atoms with Crippen molar-refractivity contribution in [3.8, 4) is 0 Å². The number of rotatable bonds is 4. The molecule has 1 nitrogen and oxygen atoms in total. The van der Waals surface area contributed by atoms with Crippen LogP contribution in [-0.2, 0) is 4.79 Å². The van der Waals surface area contributed by atoms with Gasteiger partial charge in [0.05, 0.1) is 0 Å². The van der Waals surface area contributed by atoms with Crippen molar-refractivity contribution >= 4 is 24.2 Å². The van der Waals surface area contributed by atoms with E-state index in [0.29, 0.717) is 18.1 Å². The summed E-state index contributed by atoms with van der Waals surface area (Å²) in [5, 5.41) is 0. The van der Waals surface area contributed by atoms with Crippen LogP contribution in [0.25, 0.3) is 0 Å². The van der Waals surface area contributed by atoms with Crippen molar-refractivity contribution in [1.29, 1.82) is 0 Å². The number of carbonyl (C=O) groups excluding carboxylic acids is 1. The summed E-state index contributed by atoms with van der Waals surface area (Å²) in [6, 6.07) is 0. The van der Waals surface area contributed by atoms with Gasteiger partial charge in [-0.1, -0.05) is 0 Å². The van der Waals surface area contributed by atoms with Crippen molar-refractivity contribution in [2.45, 2.75) is 55.4 Å². The average Bonchev–Trinajstić information content (AvgIpc) is 2.50. The van der Waals surface area contributed by atoms with Gasteiger partial charge < -0.3 is 0 Å². The number of hydrogen-bond donors (Lipinski definition) is 0. The predicted molar refractivity (Wildman–Crippen MR) is 82.4 cm³/mol. The Bertz CT molecular complexity index is 396. The molecule has 1 unspecified atom stereocenters. The third kappa shape index (κ3) is 3.72. The summed E-state index contributed by atoms with van der Waals surface area (Å²) < 4.78 is 1.62. The third-order valence-corrected chi connectivity index (χ3v) is 11.6. The Hall–Kier alpha value is -0.0513. The molecule has 0 amide bonds. The van der Waals surface area contributed by atoms with Gasteiger partial charge in [0.25, 0.3) is 0 Å². The van der Waals surface area contributed by atoms with Gasteiger partial charge in [-0.25, -0.2) is 0 Å². The molecule has 0 saturated carbocycles. The fourth-order valence-corrected chi connectivity index (χ4v) is 4.66. The zero-order valence-electron chi connectivity index (χ0n) is 13.1. The first-order valence-electron chi connectivity index (χ1n) is 6.98. The van der Waals surface area contributed by atoms with Crippen LogP contribution in [0.1, 0.15) is 40.5 Å². The minimum atomic E-state index is -1.89. The summed E-state index contributed by atoms with van der Waals surface area (Å²) in [7, 11) is 0. The van der Waals surface area contributed by atoms with E-state index in [1.807, 2.05) is 6.08 Å². The molecular weight excluding hydrogens is 327 g/mol. The van der Waals surface area contributed by atoms with Crippen molar-refractivity contribution in [3.05, 3.63) is 21.3 Å². The second kappa shape index (κ2) is 5.52. The van der Waals surface area contributed by atoms with E-state index < -0.39 is 18.4 Å². The van der Waals surface area contributed by atoms with E-state index in [-0.39, 0.29) is 5.41 Å². The summed E-state index contributed by atoms with van der Waals surface area (Å²) in [5.41, 5.74) is 1.42. The molecule has 0 aromatic rings. The molecule has 0 bridgehead atoms. The van der Waals surface area contributed by atoms with Crippen molar-refractivity contribution in [2.75, 3.05) is 0 Å². The maximum absolute atomic E-state index is 11.7. The van der Waals surface area contributed by atoms with Gasteiger partial charge in [-0.05, 0) is 0 Å². The van der Waals surface area contributed by atoms with Crippen LogP contribution in [0.2, 0.25) is 14.8 Å². The minimum absolute atomic E-state index is 0.0730. The molecule has 0 spiro atoms. The van der Waals surface area contributed by atoms with Crippen LogP contribution in [0.15, 0.2) is 21.3 Å². The van der Waals surface area contributed by atoms with E-state index in [9.17, 15) is 4.79 Å². The summed E-state index contributed by atoms with van der Waals surface area (Å²) in [4.78, 5) is 19.1. The van der Waals surface area contributed by atoms with Gasteiger partial charge in [-0.15, -0.1) is 0 Å². The van der Waals surface area contributed by atoms with Crippen molar-refractivity contribution < 1.29 is 4.79 Å². The number of allylic oxidation sites excluding steroid dienone is 4. The number of carbonyl (C=O) groups is 1. The molecule has 18 heavy (non-hydrogen) atoms. The molecular formula is C16H28OSn. The fourth-order valence-electron chi connectivity index (χ4n) is 2.62. The molecule has 1 atom stereocenters. The Morgan fingerprint density at radius 3 is 2.44 bits per heavy atom. The fraction of sp³-hybridized carbons (Fsp3) is 0.688. The van der Waals surface area contributed by atoms with Crippen LogP contribution in [-0.4, -0.2) is 24.2 Å². The van der Waals surface area contributed by atoms with Gasteiger partial charge in [0.15, 0.2) is 0 Å². The molecule has 0 aromatic carbocycles. The van der Waals surface area contributed by atoms with Gasteiger partial charge in [0.2, 0.25) is 0 Å². The predicted octanol–water partition coefficient (Wildman–Crippen LogP) is 4.76. The molecule has 1 rings (SSSR count). The standard InChI is InChI=1S/C13H19O.3CH3.Sn/c1-5-6-7-13(4)9-11(14)8-12(13)10(2)3;;;;/h6,8,10H,7,9H2,1-4H3;3*1H3;. The number of hydrogen-bond acceptors (Lipinski definition) is 1. The Morgan fingerprint density at radius 1 is 1.44 bits per heavy atom. The van der Waals surface area contributed by atoms with Crippen LogP contribution >= 0.6 is 0 Å². The van der Waals surface area contributed by atoms with E-state index in [0.717, 1.165) is 6.42 Å². The second-order valence-electron chi connectivity index (χ2n) is 7.30. The Morgan fingerprint density at radius 2 is 2.00 bits per heavy atom. The number of ketones is 1. The van der Waals surface area contributed by atoms with Crippen molar-refractivity contribution in [1.82, 2.24) is 0 Å². The topological polar surface area (TPSA) is 17.1 Å². The Kier molecular flexibility index (Phi) is 4.91. The molecule has 0 radical (unpaired) electrons. The average molecular weight is 355 g/mol. The van der Waals surface area contributed by atoms with Gasteiger partial charge in [-0.3, -0.25) is 0 Å². The molecule has 0 heterocycles. The Balaban J connectivity index is 2.90. The monoisotopic (exact) mass is 356 g/mol. The van der Waals surface area contributed by atoms with E-state index in [2.05, 4.69) is 48.6 Å². The molecule has 2 heteroatoms. The first-order chi connectivity index (χ1) is 8.06. The maximum atomic E-state index is 11.7. The van der Waals surface area contributed by atoms with Crippen molar-refractivity contribution in [2.24, 2.45) is 11.3 Å². The molecule has 1 aliphatic rings. The third-order valence-electron chi connectivity index (χ3n) is 4.24. The van der Waals surface area contributed by atoms with Gasteiger partial charge in [0, 0.05) is 0 Å². The normalized spacial score (nSPS) is 25.9. The summed E-state index contributed by atoms with van der Waals surface area (Å²) in [6.45, 7) is 8.94. The van der Waals surface area contributed by atoms with Crippen LogP contribution in [0.4, 0.5) is 0 Å². The molecule has 0 fully saturated rings. The van der Waals surface area contributed by atoms with Gasteiger partial charge in [-0.2, -0.15) is 0 Å². The quantitative estimate of drug-likeness (QED) is 0.665. The SMILES string of the molecule is C/[C](=C\CC1(C)CC(=O)C=C1C(C)C)[Sn]([CH3])([CH3])[CH3]. The molecule has 0 aromatic heterocycles. The van der Waals surface area contributed by atoms with Crippen LogP contribution < -0.4 is 0 Å². The molecule has 0 aliphatic heterocycles. The summed E-state index contributed by atoms with van der Waals surface area (Å²) in [5.74, 6) is 0.792. The van der Waals surface area contributed by atoms with Crippen LogP contribution in [0, 0.1) is 11.3 Å². The van der Waals surface area contributed by atoms with Gasteiger partial charge >= 0.3 is 117 Å². The van der Waals surface area contributed by atoms with Gasteiger partial charge in [0.1, 0.15) is 0 Å². The Labute approximate surface area is 117 Å². The molecule has 0 N–H and O–H groups in total. The van der Waals surface area contributed by atoms with Crippen molar-refractivity contribution in [3.63, 3.8) is 0 Å². The zero-order valence-corrected chi connectivity index (χ0v) is 15.9. The van der Waals surface area contributed by atoms with E-state index in [4.69, 9.17) is 0 Å². The zero-order chi connectivity index (χ0) is 14.1. The van der Waals surface area contributed by atoms with E-state index >= 15 is 0 Å². The summed E-state index contributed by atoms with van der Waals surface area (Å²) >= 11 is -1.89. The van der Waals surface area contributed by atoms with E-state index in [1.54, 1.807) is 3.59 Å². The molecule has 102 valence electrons. The first kappa shape index (κ1) is 16.0. The second-order valence-corrected chi connectivity index (χ2v) is 22.4. The molecule has 0 saturated heterocycles. The first-order valence-corrected chi connectivity index (χ1v) is 17.0.